The summed E-state index contributed by atoms with van der Waals surface area (Å²) in [5.74, 6) is 0.727. The largest absolute Gasteiger partial charge is 0.338 e. The maximum absolute atomic E-state index is 12.3. The van der Waals surface area contributed by atoms with Gasteiger partial charge in [0, 0.05) is 31.0 Å². The molecule has 0 bridgehead atoms. The smallest absolute Gasteiger partial charge is 0.253 e. The fourth-order valence-corrected chi connectivity index (χ4v) is 2.72. The van der Waals surface area contributed by atoms with Crippen molar-refractivity contribution in [3.05, 3.63) is 30.1 Å². The van der Waals surface area contributed by atoms with Crippen LogP contribution >= 0.6 is 0 Å². The van der Waals surface area contributed by atoms with Crippen LogP contribution in [0.2, 0.25) is 0 Å². The summed E-state index contributed by atoms with van der Waals surface area (Å²) in [4.78, 5) is 18.1. The van der Waals surface area contributed by atoms with Crippen molar-refractivity contribution in [1.29, 1.82) is 0 Å². The van der Waals surface area contributed by atoms with Gasteiger partial charge in [-0.3, -0.25) is 9.78 Å². The summed E-state index contributed by atoms with van der Waals surface area (Å²) >= 11 is 0. The van der Waals surface area contributed by atoms with Gasteiger partial charge in [0.25, 0.3) is 5.91 Å². The maximum Gasteiger partial charge on any atom is 0.253 e. The van der Waals surface area contributed by atoms with Gasteiger partial charge in [-0.25, -0.2) is 0 Å². The van der Waals surface area contributed by atoms with Crippen LogP contribution in [0.4, 0.5) is 0 Å². The summed E-state index contributed by atoms with van der Waals surface area (Å²) in [5, 5.41) is 0. The Bertz CT molecular complexity index is 377. The zero-order valence-corrected chi connectivity index (χ0v) is 10.6. The predicted molar refractivity (Wildman–Crippen MR) is 67.8 cm³/mol. The number of amides is 1. The van der Waals surface area contributed by atoms with E-state index in [1.54, 1.807) is 24.5 Å². The molecule has 1 aromatic rings. The van der Waals surface area contributed by atoms with Crippen molar-refractivity contribution in [2.24, 2.45) is 5.92 Å². The Morgan fingerprint density at radius 1 is 1.29 bits per heavy atom. The standard InChI is InChI=1S/C14H20N2O/c1-11-5-3-4-6-13(11)16(2)14(17)12-7-9-15-10-8-12/h7-11,13H,3-6H2,1-2H3. The lowest BCUT2D eigenvalue weighted by molar-refractivity contribution is 0.0629. The minimum absolute atomic E-state index is 0.117. The Morgan fingerprint density at radius 2 is 1.94 bits per heavy atom. The fourth-order valence-electron chi connectivity index (χ4n) is 2.72. The summed E-state index contributed by atoms with van der Waals surface area (Å²) in [5.41, 5.74) is 0.736. The average Bonchev–Trinajstić information content (AvgIpc) is 2.39. The van der Waals surface area contributed by atoms with Gasteiger partial charge in [0.1, 0.15) is 0 Å². The van der Waals surface area contributed by atoms with E-state index in [2.05, 4.69) is 11.9 Å². The van der Waals surface area contributed by atoms with E-state index in [0.29, 0.717) is 12.0 Å². The Morgan fingerprint density at radius 3 is 2.59 bits per heavy atom. The molecule has 1 aliphatic rings. The highest BCUT2D eigenvalue weighted by atomic mass is 16.2. The fraction of sp³-hybridized carbons (Fsp3) is 0.571. The molecule has 0 N–H and O–H groups in total. The minimum Gasteiger partial charge on any atom is -0.338 e. The molecule has 1 aromatic heterocycles. The molecule has 3 nitrogen and oxygen atoms in total. The molecule has 2 atom stereocenters. The summed E-state index contributed by atoms with van der Waals surface area (Å²) < 4.78 is 0. The van der Waals surface area contributed by atoms with E-state index in [0.717, 1.165) is 12.0 Å². The van der Waals surface area contributed by atoms with Crippen LogP contribution < -0.4 is 0 Å². The van der Waals surface area contributed by atoms with Crippen LogP contribution in [0, 0.1) is 5.92 Å². The molecular formula is C14H20N2O. The van der Waals surface area contributed by atoms with Gasteiger partial charge in [0.15, 0.2) is 0 Å². The van der Waals surface area contributed by atoms with Gasteiger partial charge in [0.2, 0.25) is 0 Å². The normalized spacial score (nSPS) is 24.4. The lowest BCUT2D eigenvalue weighted by Gasteiger charge is -2.36. The van der Waals surface area contributed by atoms with E-state index in [1.165, 1.54) is 19.3 Å². The van der Waals surface area contributed by atoms with Gasteiger partial charge >= 0.3 is 0 Å². The van der Waals surface area contributed by atoms with Crippen molar-refractivity contribution in [3.63, 3.8) is 0 Å². The molecule has 0 radical (unpaired) electrons. The first-order valence-electron chi connectivity index (χ1n) is 6.37. The monoisotopic (exact) mass is 232 g/mol. The second-order valence-electron chi connectivity index (χ2n) is 4.98. The van der Waals surface area contributed by atoms with E-state index >= 15 is 0 Å². The molecule has 0 saturated heterocycles. The molecule has 1 heterocycles. The number of carbonyl (C=O) groups excluding carboxylic acids is 1. The first-order chi connectivity index (χ1) is 8.20. The van der Waals surface area contributed by atoms with E-state index in [4.69, 9.17) is 0 Å². The van der Waals surface area contributed by atoms with Gasteiger partial charge in [0.05, 0.1) is 0 Å². The summed E-state index contributed by atoms with van der Waals surface area (Å²) in [6.45, 7) is 2.25. The zero-order valence-electron chi connectivity index (χ0n) is 10.6. The van der Waals surface area contributed by atoms with Crippen LogP contribution in [0.1, 0.15) is 43.0 Å². The van der Waals surface area contributed by atoms with Crippen LogP contribution in [-0.2, 0) is 0 Å². The Kier molecular flexibility index (Phi) is 3.77. The van der Waals surface area contributed by atoms with Crippen molar-refractivity contribution >= 4 is 5.91 Å². The van der Waals surface area contributed by atoms with Crippen molar-refractivity contribution in [2.75, 3.05) is 7.05 Å². The third kappa shape index (κ3) is 2.65. The number of pyridine rings is 1. The topological polar surface area (TPSA) is 33.2 Å². The van der Waals surface area contributed by atoms with Crippen molar-refractivity contribution in [1.82, 2.24) is 9.88 Å². The molecule has 0 aromatic carbocycles. The molecule has 0 spiro atoms. The molecule has 92 valence electrons. The SMILES string of the molecule is CC1CCCCC1N(C)C(=O)c1ccncc1. The molecule has 1 saturated carbocycles. The van der Waals surface area contributed by atoms with Crippen LogP contribution in [0.25, 0.3) is 0 Å². The number of hydrogen-bond donors (Lipinski definition) is 0. The lowest BCUT2D eigenvalue weighted by atomic mass is 9.85. The molecule has 1 aliphatic carbocycles. The number of carbonyl (C=O) groups is 1. The molecule has 1 amide bonds. The third-order valence-corrected chi connectivity index (χ3v) is 3.81. The molecule has 2 rings (SSSR count). The second kappa shape index (κ2) is 5.30. The molecule has 2 unspecified atom stereocenters. The first kappa shape index (κ1) is 12.1. The highest BCUT2D eigenvalue weighted by Crippen LogP contribution is 2.28. The van der Waals surface area contributed by atoms with E-state index in [1.807, 2.05) is 11.9 Å². The van der Waals surface area contributed by atoms with Crippen LogP contribution in [0.5, 0.6) is 0 Å². The van der Waals surface area contributed by atoms with E-state index < -0.39 is 0 Å². The summed E-state index contributed by atoms with van der Waals surface area (Å²) in [6.07, 6.45) is 8.25. The third-order valence-electron chi connectivity index (χ3n) is 3.81. The van der Waals surface area contributed by atoms with Crippen LogP contribution in [0.15, 0.2) is 24.5 Å². The van der Waals surface area contributed by atoms with Crippen LogP contribution in [-0.4, -0.2) is 28.9 Å². The first-order valence-corrected chi connectivity index (χ1v) is 6.37. The number of hydrogen-bond acceptors (Lipinski definition) is 2. The molecular weight excluding hydrogens is 212 g/mol. The number of aromatic nitrogens is 1. The molecule has 1 fully saturated rings. The number of nitrogens with zero attached hydrogens (tertiary/aromatic N) is 2. The Hall–Kier alpha value is -1.38. The van der Waals surface area contributed by atoms with Gasteiger partial charge in [-0.15, -0.1) is 0 Å². The Balaban J connectivity index is 2.09. The van der Waals surface area contributed by atoms with Gasteiger partial charge in [-0.05, 0) is 30.9 Å². The molecule has 17 heavy (non-hydrogen) atoms. The van der Waals surface area contributed by atoms with Gasteiger partial charge in [-0.1, -0.05) is 19.8 Å². The quantitative estimate of drug-likeness (QED) is 0.785. The molecule has 3 heteroatoms. The second-order valence-corrected chi connectivity index (χ2v) is 4.98. The lowest BCUT2D eigenvalue weighted by Crippen LogP contribution is -2.42. The minimum atomic E-state index is 0.117. The highest BCUT2D eigenvalue weighted by Gasteiger charge is 2.28. The summed E-state index contributed by atoms with van der Waals surface area (Å²) in [6, 6.07) is 3.96. The molecule has 0 aliphatic heterocycles. The highest BCUT2D eigenvalue weighted by molar-refractivity contribution is 5.94. The van der Waals surface area contributed by atoms with Crippen LogP contribution in [0.3, 0.4) is 0 Å². The Labute approximate surface area is 103 Å². The van der Waals surface area contributed by atoms with E-state index in [9.17, 15) is 4.79 Å². The number of rotatable bonds is 2. The zero-order chi connectivity index (χ0) is 12.3. The maximum atomic E-state index is 12.3. The van der Waals surface area contributed by atoms with Crippen molar-refractivity contribution in [3.8, 4) is 0 Å². The van der Waals surface area contributed by atoms with Gasteiger partial charge in [-0.2, -0.15) is 0 Å². The van der Waals surface area contributed by atoms with Gasteiger partial charge < -0.3 is 4.90 Å². The van der Waals surface area contributed by atoms with Crippen molar-refractivity contribution in [2.45, 2.75) is 38.6 Å². The van der Waals surface area contributed by atoms with E-state index in [-0.39, 0.29) is 5.91 Å². The van der Waals surface area contributed by atoms with Crippen molar-refractivity contribution < 1.29 is 4.79 Å². The predicted octanol–water partition coefficient (Wildman–Crippen LogP) is 2.73. The summed E-state index contributed by atoms with van der Waals surface area (Å²) in [7, 11) is 1.93. The average molecular weight is 232 g/mol.